The van der Waals surface area contributed by atoms with Crippen LogP contribution in [0.2, 0.25) is 0 Å². The van der Waals surface area contributed by atoms with Crippen LogP contribution in [-0.4, -0.2) is 41.5 Å². The third-order valence-electron chi connectivity index (χ3n) is 3.90. The van der Waals surface area contributed by atoms with Gasteiger partial charge in [0.1, 0.15) is 5.75 Å². The highest BCUT2D eigenvalue weighted by molar-refractivity contribution is 6.35. The Morgan fingerprint density at radius 2 is 1.86 bits per heavy atom. The molecule has 5 heteroatoms. The molecule has 1 fully saturated rings. The van der Waals surface area contributed by atoms with Gasteiger partial charge in [-0.25, -0.2) is 0 Å². The Bertz CT molecular complexity index is 491. The van der Waals surface area contributed by atoms with E-state index in [0.29, 0.717) is 32.0 Å². The second-order valence-corrected chi connectivity index (χ2v) is 5.65. The number of aromatic hydroxyl groups is 1. The number of carbonyl (C=O) groups is 2. The van der Waals surface area contributed by atoms with Crippen molar-refractivity contribution >= 4 is 11.8 Å². The maximum atomic E-state index is 12.0. The number of nitrogens with one attached hydrogen (secondary N) is 1. The molecule has 1 heterocycles. The molecular formula is C16H22N2O3. The smallest absolute Gasteiger partial charge is 0.311 e. The molecule has 0 aliphatic carbocycles. The second kappa shape index (κ2) is 7.11. The first-order chi connectivity index (χ1) is 10.1. The molecule has 1 aromatic carbocycles. The van der Waals surface area contributed by atoms with E-state index in [1.54, 1.807) is 29.2 Å². The van der Waals surface area contributed by atoms with Gasteiger partial charge in [0, 0.05) is 19.6 Å². The first-order valence-corrected chi connectivity index (χ1v) is 7.41. The van der Waals surface area contributed by atoms with E-state index in [-0.39, 0.29) is 5.75 Å². The molecule has 0 aromatic heterocycles. The number of phenolic OH excluding ortho intramolecular Hbond substituents is 1. The highest BCUT2D eigenvalue weighted by Gasteiger charge is 2.24. The van der Waals surface area contributed by atoms with Crippen molar-refractivity contribution in [2.24, 2.45) is 5.92 Å². The lowest BCUT2D eigenvalue weighted by molar-refractivity contribution is -0.146. The van der Waals surface area contributed by atoms with Gasteiger partial charge in [-0.05, 0) is 42.9 Å². The Morgan fingerprint density at radius 3 is 2.48 bits per heavy atom. The van der Waals surface area contributed by atoms with E-state index in [1.165, 1.54) is 0 Å². The van der Waals surface area contributed by atoms with Crippen LogP contribution in [0.5, 0.6) is 5.75 Å². The van der Waals surface area contributed by atoms with E-state index in [4.69, 9.17) is 0 Å². The monoisotopic (exact) mass is 290 g/mol. The minimum atomic E-state index is -0.525. The van der Waals surface area contributed by atoms with Gasteiger partial charge < -0.3 is 15.3 Å². The minimum Gasteiger partial charge on any atom is -0.508 e. The van der Waals surface area contributed by atoms with Crippen molar-refractivity contribution in [3.8, 4) is 5.75 Å². The molecule has 0 spiro atoms. The zero-order chi connectivity index (χ0) is 15.2. The summed E-state index contributed by atoms with van der Waals surface area (Å²) in [6.07, 6.45) is 2.56. The largest absolute Gasteiger partial charge is 0.508 e. The normalized spacial score (nSPS) is 15.8. The molecular weight excluding hydrogens is 268 g/mol. The maximum Gasteiger partial charge on any atom is 0.311 e. The number of amides is 2. The third-order valence-corrected chi connectivity index (χ3v) is 3.90. The van der Waals surface area contributed by atoms with Crippen LogP contribution in [0.1, 0.15) is 25.3 Å². The molecule has 0 saturated carbocycles. The number of nitrogens with zero attached hydrogens (tertiary/aromatic N) is 1. The lowest BCUT2D eigenvalue weighted by Gasteiger charge is -2.29. The van der Waals surface area contributed by atoms with Gasteiger partial charge in [0.15, 0.2) is 0 Å². The zero-order valence-corrected chi connectivity index (χ0v) is 12.3. The summed E-state index contributed by atoms with van der Waals surface area (Å²) in [5, 5.41) is 11.8. The first kappa shape index (κ1) is 15.4. The van der Waals surface area contributed by atoms with Crippen molar-refractivity contribution < 1.29 is 14.7 Å². The van der Waals surface area contributed by atoms with Crippen LogP contribution >= 0.6 is 0 Å². The fraction of sp³-hybridized carbons (Fsp3) is 0.500. The Hall–Kier alpha value is -2.04. The van der Waals surface area contributed by atoms with Gasteiger partial charge in [0.05, 0.1) is 0 Å². The van der Waals surface area contributed by atoms with Crippen LogP contribution in [0.15, 0.2) is 24.3 Å². The number of carbonyl (C=O) groups excluding carboxylic acids is 2. The quantitative estimate of drug-likeness (QED) is 0.825. The summed E-state index contributed by atoms with van der Waals surface area (Å²) in [4.78, 5) is 25.4. The Morgan fingerprint density at radius 1 is 1.24 bits per heavy atom. The van der Waals surface area contributed by atoms with Crippen LogP contribution in [0, 0.1) is 5.92 Å². The van der Waals surface area contributed by atoms with Crippen molar-refractivity contribution in [1.29, 1.82) is 0 Å². The van der Waals surface area contributed by atoms with Crippen molar-refractivity contribution in [2.45, 2.75) is 26.2 Å². The number of phenols is 1. The molecule has 0 bridgehead atoms. The molecule has 1 saturated heterocycles. The number of rotatable bonds is 3. The van der Waals surface area contributed by atoms with Gasteiger partial charge in [0.25, 0.3) is 0 Å². The molecule has 5 nitrogen and oxygen atoms in total. The molecule has 1 aromatic rings. The number of benzene rings is 1. The van der Waals surface area contributed by atoms with Crippen LogP contribution in [0.25, 0.3) is 0 Å². The van der Waals surface area contributed by atoms with Gasteiger partial charge in [-0.1, -0.05) is 19.1 Å². The summed E-state index contributed by atoms with van der Waals surface area (Å²) in [6.45, 7) is 3.93. The average Bonchev–Trinajstić information content (AvgIpc) is 2.49. The van der Waals surface area contributed by atoms with Crippen LogP contribution in [0.4, 0.5) is 0 Å². The van der Waals surface area contributed by atoms with Crippen molar-refractivity contribution in [1.82, 2.24) is 10.2 Å². The summed E-state index contributed by atoms with van der Waals surface area (Å²) < 4.78 is 0. The molecule has 21 heavy (non-hydrogen) atoms. The molecule has 0 radical (unpaired) electrons. The van der Waals surface area contributed by atoms with Gasteiger partial charge in [-0.3, -0.25) is 9.59 Å². The van der Waals surface area contributed by atoms with Crippen LogP contribution < -0.4 is 5.32 Å². The van der Waals surface area contributed by atoms with Crippen molar-refractivity contribution in [3.05, 3.63) is 29.8 Å². The lowest BCUT2D eigenvalue weighted by atomic mass is 9.99. The molecule has 2 rings (SSSR count). The highest BCUT2D eigenvalue weighted by Crippen LogP contribution is 2.15. The SMILES string of the molecule is CC1CCN(C(=O)C(=O)NCCc2ccc(O)cc2)CC1. The van der Waals surface area contributed by atoms with Crippen LogP contribution in [-0.2, 0) is 16.0 Å². The fourth-order valence-electron chi connectivity index (χ4n) is 2.41. The van der Waals surface area contributed by atoms with Crippen LogP contribution in [0.3, 0.4) is 0 Å². The molecule has 2 amide bonds. The van der Waals surface area contributed by atoms with E-state index in [1.807, 2.05) is 0 Å². The molecule has 0 atom stereocenters. The lowest BCUT2D eigenvalue weighted by Crippen LogP contribution is -2.46. The number of piperidine rings is 1. The van der Waals surface area contributed by atoms with Gasteiger partial charge in [0.2, 0.25) is 0 Å². The minimum absolute atomic E-state index is 0.220. The third kappa shape index (κ3) is 4.48. The van der Waals surface area contributed by atoms with E-state index in [2.05, 4.69) is 12.2 Å². The first-order valence-electron chi connectivity index (χ1n) is 7.41. The number of hydrogen-bond donors (Lipinski definition) is 2. The summed E-state index contributed by atoms with van der Waals surface area (Å²) in [6, 6.07) is 6.82. The summed E-state index contributed by atoms with van der Waals surface area (Å²) in [5.74, 6) is -0.0974. The standard InChI is InChI=1S/C16H22N2O3/c1-12-7-10-18(11-8-12)16(21)15(20)17-9-6-13-2-4-14(19)5-3-13/h2-5,12,19H,6-11H2,1H3,(H,17,20). The molecule has 2 N–H and O–H groups in total. The van der Waals surface area contributed by atoms with E-state index >= 15 is 0 Å². The highest BCUT2D eigenvalue weighted by atomic mass is 16.3. The van der Waals surface area contributed by atoms with E-state index in [9.17, 15) is 14.7 Å². The molecule has 114 valence electrons. The fourth-order valence-corrected chi connectivity index (χ4v) is 2.41. The number of hydrogen-bond acceptors (Lipinski definition) is 3. The van der Waals surface area contributed by atoms with Gasteiger partial charge in [-0.15, -0.1) is 0 Å². The Labute approximate surface area is 125 Å². The Kier molecular flexibility index (Phi) is 5.20. The van der Waals surface area contributed by atoms with E-state index in [0.717, 1.165) is 18.4 Å². The summed E-state index contributed by atoms with van der Waals surface area (Å²) in [7, 11) is 0. The zero-order valence-electron chi connectivity index (χ0n) is 12.3. The molecule has 1 aliphatic heterocycles. The summed E-state index contributed by atoms with van der Waals surface area (Å²) >= 11 is 0. The predicted octanol–water partition coefficient (Wildman–Crippen LogP) is 1.31. The molecule has 1 aliphatic rings. The van der Waals surface area contributed by atoms with E-state index < -0.39 is 11.8 Å². The second-order valence-electron chi connectivity index (χ2n) is 5.65. The van der Waals surface area contributed by atoms with Crippen molar-refractivity contribution in [3.63, 3.8) is 0 Å². The van der Waals surface area contributed by atoms with Gasteiger partial charge in [-0.2, -0.15) is 0 Å². The topological polar surface area (TPSA) is 69.6 Å². The number of likely N-dealkylation sites (tertiary alicyclic amines) is 1. The molecule has 0 unspecified atom stereocenters. The summed E-state index contributed by atoms with van der Waals surface area (Å²) in [5.41, 5.74) is 1.01. The predicted molar refractivity (Wildman–Crippen MR) is 79.8 cm³/mol. The van der Waals surface area contributed by atoms with Gasteiger partial charge >= 0.3 is 11.8 Å². The Balaban J connectivity index is 1.74. The average molecular weight is 290 g/mol. The maximum absolute atomic E-state index is 12.0. The van der Waals surface area contributed by atoms with Crippen molar-refractivity contribution in [2.75, 3.05) is 19.6 Å².